The fraction of sp³-hybridized carbons (Fsp3) is 0.400. The number of carbonyl (C=O) groups is 3. The average molecular weight is 438 g/mol. The Morgan fingerprint density at radius 1 is 0.906 bits per heavy atom. The average Bonchev–Trinajstić information content (AvgIpc) is 2.77. The number of hydrogen-bond acceptors (Lipinski definition) is 4. The van der Waals surface area contributed by atoms with E-state index >= 15 is 0 Å². The molecule has 0 aliphatic carbocycles. The van der Waals surface area contributed by atoms with Crippen LogP contribution in [0.25, 0.3) is 0 Å². The van der Waals surface area contributed by atoms with Gasteiger partial charge in [-0.15, -0.1) is 0 Å². The van der Waals surface area contributed by atoms with Crippen molar-refractivity contribution in [3.63, 3.8) is 0 Å². The molecule has 1 unspecified atom stereocenters. The summed E-state index contributed by atoms with van der Waals surface area (Å²) in [6.45, 7) is 6.64. The number of carbonyl (C=O) groups excluding carboxylic acids is 3. The molecule has 7 heteroatoms. The molecule has 1 aliphatic heterocycles. The predicted molar refractivity (Wildman–Crippen MR) is 122 cm³/mol. The molecule has 32 heavy (non-hydrogen) atoms. The van der Waals surface area contributed by atoms with E-state index in [0.717, 1.165) is 5.56 Å². The van der Waals surface area contributed by atoms with Gasteiger partial charge in [0.15, 0.2) is 0 Å². The molecule has 7 nitrogen and oxygen atoms in total. The van der Waals surface area contributed by atoms with Crippen LogP contribution in [0.15, 0.2) is 54.6 Å². The third kappa shape index (κ3) is 5.46. The molecule has 1 aliphatic rings. The summed E-state index contributed by atoms with van der Waals surface area (Å²) < 4.78 is 5.54. The maximum Gasteiger partial charge on any atom is 0.410 e. The molecular formula is C25H31N3O4. The van der Waals surface area contributed by atoms with Crippen LogP contribution in [0.3, 0.4) is 0 Å². The molecule has 2 aromatic carbocycles. The Balaban J connectivity index is 1.84. The number of rotatable bonds is 3. The zero-order valence-corrected chi connectivity index (χ0v) is 19.4. The first kappa shape index (κ1) is 23.3. The first-order chi connectivity index (χ1) is 15.1. The van der Waals surface area contributed by atoms with Gasteiger partial charge in [0.05, 0.1) is 6.04 Å². The van der Waals surface area contributed by atoms with E-state index < -0.39 is 5.60 Å². The summed E-state index contributed by atoms with van der Waals surface area (Å²) in [6, 6.07) is 16.1. The van der Waals surface area contributed by atoms with Crippen LogP contribution in [0.4, 0.5) is 4.79 Å². The monoisotopic (exact) mass is 437 g/mol. The highest BCUT2D eigenvalue weighted by molar-refractivity contribution is 5.98. The summed E-state index contributed by atoms with van der Waals surface area (Å²) in [6.07, 6.45) is -0.378. The minimum atomic E-state index is -0.585. The Kier molecular flexibility index (Phi) is 6.87. The van der Waals surface area contributed by atoms with E-state index in [1.165, 1.54) is 4.90 Å². The van der Waals surface area contributed by atoms with Gasteiger partial charge in [-0.25, -0.2) is 4.79 Å². The molecule has 3 amide bonds. The lowest BCUT2D eigenvalue weighted by atomic mass is 10.0. The minimum Gasteiger partial charge on any atom is -0.444 e. The smallest absolute Gasteiger partial charge is 0.410 e. The second-order valence-corrected chi connectivity index (χ2v) is 9.13. The first-order valence-electron chi connectivity index (χ1n) is 10.7. The van der Waals surface area contributed by atoms with E-state index in [9.17, 15) is 14.4 Å². The van der Waals surface area contributed by atoms with E-state index in [4.69, 9.17) is 4.74 Å². The van der Waals surface area contributed by atoms with E-state index in [1.807, 2.05) is 51.1 Å². The van der Waals surface area contributed by atoms with Crippen molar-refractivity contribution >= 4 is 17.9 Å². The van der Waals surface area contributed by atoms with Crippen molar-refractivity contribution in [2.45, 2.75) is 32.4 Å². The second-order valence-electron chi connectivity index (χ2n) is 9.13. The third-order valence-electron chi connectivity index (χ3n) is 5.26. The van der Waals surface area contributed by atoms with Crippen LogP contribution < -0.4 is 0 Å². The fourth-order valence-corrected chi connectivity index (χ4v) is 3.66. The molecule has 3 rings (SSSR count). The van der Waals surface area contributed by atoms with Crippen LogP contribution in [0.2, 0.25) is 0 Å². The normalized spacial score (nSPS) is 16.5. The molecule has 2 aromatic rings. The zero-order chi connectivity index (χ0) is 23.5. The second kappa shape index (κ2) is 9.42. The van der Waals surface area contributed by atoms with Gasteiger partial charge in [-0.05, 0) is 50.6 Å². The Labute approximate surface area is 189 Å². The summed E-state index contributed by atoms with van der Waals surface area (Å²) in [5.41, 5.74) is 1.40. The molecule has 170 valence electrons. The summed E-state index contributed by atoms with van der Waals surface area (Å²) >= 11 is 0. The number of nitrogens with zero attached hydrogens (tertiary/aromatic N) is 3. The van der Waals surface area contributed by atoms with Gasteiger partial charge in [-0.2, -0.15) is 0 Å². The highest BCUT2D eigenvalue weighted by Crippen LogP contribution is 2.28. The lowest BCUT2D eigenvalue weighted by molar-refractivity contribution is 0.00408. The molecule has 0 spiro atoms. The number of ether oxygens (including phenoxy) is 1. The lowest BCUT2D eigenvalue weighted by Crippen LogP contribution is -2.53. The van der Waals surface area contributed by atoms with Crippen LogP contribution in [0.5, 0.6) is 0 Å². The van der Waals surface area contributed by atoms with E-state index in [-0.39, 0.29) is 23.9 Å². The largest absolute Gasteiger partial charge is 0.444 e. The van der Waals surface area contributed by atoms with Gasteiger partial charge in [-0.1, -0.05) is 30.3 Å². The molecule has 1 saturated heterocycles. The highest BCUT2D eigenvalue weighted by atomic mass is 16.6. The van der Waals surface area contributed by atoms with Gasteiger partial charge in [-0.3, -0.25) is 9.59 Å². The van der Waals surface area contributed by atoms with Crippen molar-refractivity contribution in [3.05, 3.63) is 71.3 Å². The molecular weight excluding hydrogens is 406 g/mol. The molecule has 1 heterocycles. The molecule has 0 radical (unpaired) electrons. The van der Waals surface area contributed by atoms with Crippen molar-refractivity contribution in [1.82, 2.24) is 14.7 Å². The standard InChI is InChI=1S/C25H31N3O4/c1-25(2,3)32-24(31)27-15-16-28(21(17-27)18-9-7-6-8-10-18)23(30)20-13-11-19(12-14-20)22(29)26(4)5/h6-14,21H,15-17H2,1-5H3. The maximum absolute atomic E-state index is 13.4. The van der Waals surface area contributed by atoms with Crippen molar-refractivity contribution in [1.29, 1.82) is 0 Å². The lowest BCUT2D eigenvalue weighted by Gasteiger charge is -2.42. The van der Waals surface area contributed by atoms with Crippen molar-refractivity contribution in [3.8, 4) is 0 Å². The van der Waals surface area contributed by atoms with Gasteiger partial charge in [0, 0.05) is 44.9 Å². The van der Waals surface area contributed by atoms with Gasteiger partial charge >= 0.3 is 6.09 Å². The minimum absolute atomic E-state index is 0.114. The highest BCUT2D eigenvalue weighted by Gasteiger charge is 2.35. The van der Waals surface area contributed by atoms with Crippen LogP contribution in [0.1, 0.15) is 53.1 Å². The van der Waals surface area contributed by atoms with Crippen molar-refractivity contribution in [2.75, 3.05) is 33.7 Å². The Morgan fingerprint density at radius 3 is 2.06 bits per heavy atom. The van der Waals surface area contributed by atoms with E-state index in [2.05, 4.69) is 0 Å². The summed E-state index contributed by atoms with van der Waals surface area (Å²) in [5.74, 6) is -0.247. The Morgan fingerprint density at radius 2 is 1.50 bits per heavy atom. The van der Waals surface area contributed by atoms with Crippen molar-refractivity contribution in [2.24, 2.45) is 0 Å². The number of amides is 3. The van der Waals surface area contributed by atoms with E-state index in [0.29, 0.717) is 30.8 Å². The number of benzene rings is 2. The van der Waals surface area contributed by atoms with Crippen LogP contribution >= 0.6 is 0 Å². The molecule has 0 saturated carbocycles. The summed E-state index contributed by atoms with van der Waals surface area (Å²) in [7, 11) is 3.38. The molecule has 0 bridgehead atoms. The Bertz CT molecular complexity index is 965. The summed E-state index contributed by atoms with van der Waals surface area (Å²) in [5, 5.41) is 0. The predicted octanol–water partition coefficient (Wildman–Crippen LogP) is 3.82. The Hall–Kier alpha value is -3.35. The fourth-order valence-electron chi connectivity index (χ4n) is 3.66. The molecule has 1 fully saturated rings. The van der Waals surface area contributed by atoms with E-state index in [1.54, 1.807) is 48.2 Å². The van der Waals surface area contributed by atoms with Gasteiger partial charge in [0.1, 0.15) is 5.60 Å². The SMILES string of the molecule is CN(C)C(=O)c1ccc(C(=O)N2CCN(C(=O)OC(C)(C)C)CC2c2ccccc2)cc1. The number of piperazine rings is 1. The molecule has 1 atom stereocenters. The van der Waals surface area contributed by atoms with Crippen molar-refractivity contribution < 1.29 is 19.1 Å². The van der Waals surface area contributed by atoms with Crippen LogP contribution in [-0.2, 0) is 4.74 Å². The van der Waals surface area contributed by atoms with Gasteiger partial charge in [0.2, 0.25) is 0 Å². The maximum atomic E-state index is 13.4. The molecule has 0 aromatic heterocycles. The van der Waals surface area contributed by atoms with Crippen LogP contribution in [-0.4, -0.2) is 71.9 Å². The third-order valence-corrected chi connectivity index (χ3v) is 5.26. The van der Waals surface area contributed by atoms with Gasteiger partial charge in [0.25, 0.3) is 11.8 Å². The van der Waals surface area contributed by atoms with Crippen LogP contribution in [0, 0.1) is 0 Å². The zero-order valence-electron chi connectivity index (χ0n) is 19.4. The number of hydrogen-bond donors (Lipinski definition) is 0. The topological polar surface area (TPSA) is 70.2 Å². The molecule has 0 N–H and O–H groups in total. The summed E-state index contributed by atoms with van der Waals surface area (Å²) in [4.78, 5) is 43.1. The quantitative estimate of drug-likeness (QED) is 0.732. The van der Waals surface area contributed by atoms with Gasteiger partial charge < -0.3 is 19.4 Å². The first-order valence-corrected chi connectivity index (χ1v) is 10.7.